The van der Waals surface area contributed by atoms with Crippen LogP contribution in [0.4, 0.5) is 10.5 Å². The van der Waals surface area contributed by atoms with Crippen molar-refractivity contribution in [3.8, 4) is 0 Å². The molecule has 1 aliphatic rings. The zero-order valence-corrected chi connectivity index (χ0v) is 10.7. The van der Waals surface area contributed by atoms with E-state index in [0.717, 1.165) is 24.2 Å². The molecule has 0 bridgehead atoms. The second-order valence-corrected chi connectivity index (χ2v) is 4.98. The van der Waals surface area contributed by atoms with Crippen molar-refractivity contribution in [3.05, 3.63) is 24.2 Å². The first kappa shape index (κ1) is 12.0. The van der Waals surface area contributed by atoms with Gasteiger partial charge in [-0.25, -0.2) is 14.3 Å². The van der Waals surface area contributed by atoms with E-state index in [-0.39, 0.29) is 0 Å². The summed E-state index contributed by atoms with van der Waals surface area (Å²) in [5.74, 6) is 0.404. The predicted octanol–water partition coefficient (Wildman–Crippen LogP) is 2.27. The van der Waals surface area contributed by atoms with Gasteiger partial charge >= 0.3 is 6.03 Å². The zero-order valence-electron chi connectivity index (χ0n) is 10.7. The van der Waals surface area contributed by atoms with Crippen LogP contribution in [0.25, 0.3) is 5.65 Å². The Hall–Kier alpha value is -2.11. The van der Waals surface area contributed by atoms with Crippen LogP contribution in [0.5, 0.6) is 0 Å². The number of nitrogens with two attached hydrogens (primary N) is 1. The van der Waals surface area contributed by atoms with Gasteiger partial charge in [0.1, 0.15) is 0 Å². The molecule has 100 valence electrons. The molecule has 2 aromatic heterocycles. The Morgan fingerprint density at radius 1 is 1.37 bits per heavy atom. The molecular weight excluding hydrogens is 242 g/mol. The fourth-order valence-electron chi connectivity index (χ4n) is 2.89. The fraction of sp³-hybridized carbons (Fsp3) is 0.462. The Morgan fingerprint density at radius 3 is 2.89 bits per heavy atom. The number of anilines is 1. The van der Waals surface area contributed by atoms with Gasteiger partial charge in [0.2, 0.25) is 0 Å². The maximum absolute atomic E-state index is 11.1. The molecule has 0 aromatic carbocycles. The third kappa shape index (κ3) is 2.25. The van der Waals surface area contributed by atoms with Crippen molar-refractivity contribution in [2.45, 2.75) is 38.0 Å². The molecule has 3 rings (SSSR count). The number of hydrogen-bond acceptors (Lipinski definition) is 3. The van der Waals surface area contributed by atoms with Gasteiger partial charge in [-0.1, -0.05) is 19.3 Å². The number of urea groups is 1. The van der Waals surface area contributed by atoms with E-state index in [9.17, 15) is 4.79 Å². The summed E-state index contributed by atoms with van der Waals surface area (Å²) >= 11 is 0. The van der Waals surface area contributed by atoms with E-state index in [1.165, 1.54) is 19.3 Å². The molecule has 2 amide bonds. The van der Waals surface area contributed by atoms with Crippen molar-refractivity contribution in [1.82, 2.24) is 14.6 Å². The molecule has 2 aromatic rings. The summed E-state index contributed by atoms with van der Waals surface area (Å²) in [7, 11) is 0. The van der Waals surface area contributed by atoms with E-state index >= 15 is 0 Å². The van der Waals surface area contributed by atoms with Crippen LogP contribution in [0, 0.1) is 0 Å². The third-order valence-electron chi connectivity index (χ3n) is 3.70. The van der Waals surface area contributed by atoms with Crippen LogP contribution in [-0.4, -0.2) is 20.6 Å². The highest BCUT2D eigenvalue weighted by atomic mass is 16.2. The largest absolute Gasteiger partial charge is 0.351 e. The zero-order chi connectivity index (χ0) is 13.2. The molecule has 6 heteroatoms. The molecule has 0 unspecified atom stereocenters. The summed E-state index contributed by atoms with van der Waals surface area (Å²) in [6.45, 7) is 0. The number of primary amides is 1. The van der Waals surface area contributed by atoms with Crippen molar-refractivity contribution >= 4 is 17.4 Å². The Morgan fingerprint density at radius 2 is 2.16 bits per heavy atom. The molecule has 0 radical (unpaired) electrons. The molecule has 0 aliphatic heterocycles. The molecule has 2 heterocycles. The van der Waals surface area contributed by atoms with E-state index in [2.05, 4.69) is 15.4 Å². The van der Waals surface area contributed by atoms with Gasteiger partial charge in [0.25, 0.3) is 0 Å². The van der Waals surface area contributed by atoms with E-state index in [0.29, 0.717) is 11.6 Å². The summed E-state index contributed by atoms with van der Waals surface area (Å²) < 4.78 is 1.82. The van der Waals surface area contributed by atoms with E-state index in [1.807, 2.05) is 10.6 Å². The molecule has 1 aliphatic carbocycles. The molecule has 3 N–H and O–H groups in total. The van der Waals surface area contributed by atoms with Gasteiger partial charge < -0.3 is 11.1 Å². The minimum Gasteiger partial charge on any atom is -0.351 e. The Labute approximate surface area is 111 Å². The van der Waals surface area contributed by atoms with E-state index < -0.39 is 6.03 Å². The minimum atomic E-state index is -0.564. The first-order valence-corrected chi connectivity index (χ1v) is 6.65. The van der Waals surface area contributed by atoms with Gasteiger partial charge in [0.15, 0.2) is 5.65 Å². The summed E-state index contributed by atoms with van der Waals surface area (Å²) in [6.07, 6.45) is 9.34. The van der Waals surface area contributed by atoms with Gasteiger partial charge in [-0.05, 0) is 12.8 Å². The predicted molar refractivity (Wildman–Crippen MR) is 72.0 cm³/mol. The lowest BCUT2D eigenvalue weighted by Crippen LogP contribution is -2.23. The standard InChI is InChI=1S/C13H17N5O/c14-13(19)17-10-8-15-11-6-7-16-18(11)12(10)9-4-2-1-3-5-9/h6-9H,1-5H2,(H3,14,17,19). The lowest BCUT2D eigenvalue weighted by atomic mass is 9.86. The smallest absolute Gasteiger partial charge is 0.316 e. The van der Waals surface area contributed by atoms with Crippen LogP contribution in [0.15, 0.2) is 18.5 Å². The molecule has 6 nitrogen and oxygen atoms in total. The fourth-order valence-corrected chi connectivity index (χ4v) is 2.89. The van der Waals surface area contributed by atoms with Crippen molar-refractivity contribution in [2.75, 3.05) is 5.32 Å². The molecule has 19 heavy (non-hydrogen) atoms. The monoisotopic (exact) mass is 259 g/mol. The summed E-state index contributed by atoms with van der Waals surface area (Å²) in [5, 5.41) is 6.99. The van der Waals surface area contributed by atoms with Crippen LogP contribution in [0.2, 0.25) is 0 Å². The number of hydrogen-bond donors (Lipinski definition) is 2. The van der Waals surface area contributed by atoms with Crippen molar-refractivity contribution < 1.29 is 4.79 Å². The van der Waals surface area contributed by atoms with Crippen LogP contribution in [0.3, 0.4) is 0 Å². The SMILES string of the molecule is NC(=O)Nc1cnc2ccnn2c1C1CCCCC1. The van der Waals surface area contributed by atoms with Gasteiger partial charge in [-0.2, -0.15) is 5.10 Å². The Balaban J connectivity index is 2.10. The van der Waals surface area contributed by atoms with Gasteiger partial charge in [0, 0.05) is 12.0 Å². The molecular formula is C13H17N5O. The average Bonchev–Trinajstić information content (AvgIpc) is 2.87. The summed E-state index contributed by atoms with van der Waals surface area (Å²) in [4.78, 5) is 15.4. The number of carbonyl (C=O) groups is 1. The van der Waals surface area contributed by atoms with E-state index in [1.54, 1.807) is 12.4 Å². The lowest BCUT2D eigenvalue weighted by Gasteiger charge is -2.24. The normalized spacial score (nSPS) is 16.6. The third-order valence-corrected chi connectivity index (χ3v) is 3.70. The number of nitrogens with one attached hydrogen (secondary N) is 1. The van der Waals surface area contributed by atoms with Crippen LogP contribution >= 0.6 is 0 Å². The van der Waals surface area contributed by atoms with Crippen molar-refractivity contribution in [3.63, 3.8) is 0 Å². The highest BCUT2D eigenvalue weighted by Crippen LogP contribution is 2.36. The Bertz CT molecular complexity index is 600. The van der Waals surface area contributed by atoms with E-state index in [4.69, 9.17) is 5.73 Å². The minimum absolute atomic E-state index is 0.404. The first-order chi connectivity index (χ1) is 9.25. The second kappa shape index (κ2) is 4.87. The second-order valence-electron chi connectivity index (χ2n) is 4.98. The van der Waals surface area contributed by atoms with Crippen LogP contribution in [-0.2, 0) is 0 Å². The summed E-state index contributed by atoms with van der Waals surface area (Å²) in [6, 6.07) is 1.30. The maximum atomic E-state index is 11.1. The van der Waals surface area contributed by atoms with Crippen molar-refractivity contribution in [2.24, 2.45) is 5.73 Å². The first-order valence-electron chi connectivity index (χ1n) is 6.65. The number of fused-ring (bicyclic) bond motifs is 1. The van der Waals surface area contributed by atoms with Crippen LogP contribution < -0.4 is 11.1 Å². The number of nitrogens with zero attached hydrogens (tertiary/aromatic N) is 3. The number of carbonyl (C=O) groups excluding carboxylic acids is 1. The molecule has 0 spiro atoms. The Kier molecular flexibility index (Phi) is 3.06. The highest BCUT2D eigenvalue weighted by molar-refractivity contribution is 5.88. The lowest BCUT2D eigenvalue weighted by molar-refractivity contribution is 0.259. The molecule has 1 saturated carbocycles. The van der Waals surface area contributed by atoms with Crippen LogP contribution in [0.1, 0.15) is 43.7 Å². The number of rotatable bonds is 2. The van der Waals surface area contributed by atoms with Gasteiger partial charge in [0.05, 0.1) is 23.8 Å². The number of amides is 2. The molecule has 0 saturated heterocycles. The highest BCUT2D eigenvalue weighted by Gasteiger charge is 2.22. The maximum Gasteiger partial charge on any atom is 0.316 e. The van der Waals surface area contributed by atoms with Gasteiger partial charge in [-0.15, -0.1) is 0 Å². The topological polar surface area (TPSA) is 85.3 Å². The van der Waals surface area contributed by atoms with Gasteiger partial charge in [-0.3, -0.25) is 0 Å². The average molecular weight is 259 g/mol. The molecule has 1 fully saturated rings. The summed E-state index contributed by atoms with van der Waals surface area (Å²) in [5.41, 5.74) is 7.73. The van der Waals surface area contributed by atoms with Crippen molar-refractivity contribution in [1.29, 1.82) is 0 Å². The quantitative estimate of drug-likeness (QED) is 0.867. The number of aromatic nitrogens is 3. The molecule has 0 atom stereocenters.